The predicted octanol–water partition coefficient (Wildman–Crippen LogP) is 3.59. The van der Waals surface area contributed by atoms with Gasteiger partial charge in [0.25, 0.3) is 0 Å². The maximum atomic E-state index is 12.1. The lowest BCUT2D eigenvalue weighted by atomic mass is 10.1. The Bertz CT molecular complexity index is 627. The maximum absolute atomic E-state index is 12.1. The van der Waals surface area contributed by atoms with Crippen LogP contribution in [0.2, 0.25) is 0 Å². The highest BCUT2D eigenvalue weighted by atomic mass is 16.6. The first kappa shape index (κ1) is 21.5. The van der Waals surface area contributed by atoms with Crippen LogP contribution in [0.5, 0.6) is 0 Å². The summed E-state index contributed by atoms with van der Waals surface area (Å²) < 4.78 is 10.5. The number of alkyl carbamates (subject to hydrolysis) is 2. The molecule has 0 fully saturated rings. The number of amides is 2. The van der Waals surface area contributed by atoms with Gasteiger partial charge in [-0.25, -0.2) is 9.59 Å². The lowest BCUT2D eigenvalue weighted by Crippen LogP contribution is -2.41. The van der Waals surface area contributed by atoms with Crippen LogP contribution in [0.1, 0.15) is 63.5 Å². The number of rotatable bonds is 5. The second-order valence-electron chi connectivity index (χ2n) is 7.87. The molecule has 0 aromatic heterocycles. The van der Waals surface area contributed by atoms with Crippen LogP contribution in [0.25, 0.3) is 0 Å². The lowest BCUT2D eigenvalue weighted by Gasteiger charge is -2.25. The summed E-state index contributed by atoms with van der Waals surface area (Å²) in [4.78, 5) is 34.8. The molecule has 7 nitrogen and oxygen atoms in total. The van der Waals surface area contributed by atoms with Crippen LogP contribution in [0.15, 0.2) is 24.3 Å². The zero-order valence-electron chi connectivity index (χ0n) is 16.2. The molecule has 0 spiro atoms. The summed E-state index contributed by atoms with van der Waals surface area (Å²) in [6.45, 7) is 10.7. The van der Waals surface area contributed by atoms with Crippen LogP contribution >= 0.6 is 0 Å². The largest absolute Gasteiger partial charge is 0.444 e. The van der Waals surface area contributed by atoms with Gasteiger partial charge in [0.1, 0.15) is 17.5 Å². The number of carbonyl (C=O) groups excluding carboxylic acids is 3. The third kappa shape index (κ3) is 8.50. The van der Waals surface area contributed by atoms with Gasteiger partial charge in [-0.15, -0.1) is 0 Å². The van der Waals surface area contributed by atoms with Gasteiger partial charge in [0.2, 0.25) is 0 Å². The standard InChI is InChI=1S/C19H28N2O5/c1-18(2,3)25-16(23)20-11-15(21-17(24)26-19(4,5)6)14-9-7-13(12-22)8-10-14/h7-10,12,15H,11H2,1-6H3,(H,20,23)(H,21,24). The quantitative estimate of drug-likeness (QED) is 0.779. The molecule has 0 aliphatic rings. The fourth-order valence-corrected chi connectivity index (χ4v) is 2.01. The van der Waals surface area contributed by atoms with Crippen molar-refractivity contribution in [1.82, 2.24) is 10.6 Å². The molecule has 1 unspecified atom stereocenters. The third-order valence-corrected chi connectivity index (χ3v) is 3.02. The average molecular weight is 364 g/mol. The van der Waals surface area contributed by atoms with Crippen LogP contribution in [0, 0.1) is 0 Å². The molecule has 0 heterocycles. The van der Waals surface area contributed by atoms with E-state index in [-0.39, 0.29) is 6.54 Å². The summed E-state index contributed by atoms with van der Waals surface area (Å²) in [6, 6.07) is 6.16. The van der Waals surface area contributed by atoms with E-state index in [1.807, 2.05) is 0 Å². The molecule has 1 atom stereocenters. The number of nitrogens with one attached hydrogen (secondary N) is 2. The molecule has 2 N–H and O–H groups in total. The van der Waals surface area contributed by atoms with E-state index in [1.165, 1.54) is 0 Å². The van der Waals surface area contributed by atoms with Crippen LogP contribution < -0.4 is 10.6 Å². The first-order valence-corrected chi connectivity index (χ1v) is 8.41. The van der Waals surface area contributed by atoms with Gasteiger partial charge >= 0.3 is 12.2 Å². The van der Waals surface area contributed by atoms with Crippen molar-refractivity contribution in [3.8, 4) is 0 Å². The van der Waals surface area contributed by atoms with Crippen molar-refractivity contribution in [3.63, 3.8) is 0 Å². The Labute approximate surface area is 154 Å². The molecule has 26 heavy (non-hydrogen) atoms. The van der Waals surface area contributed by atoms with Gasteiger partial charge in [-0.2, -0.15) is 0 Å². The minimum absolute atomic E-state index is 0.106. The van der Waals surface area contributed by atoms with Gasteiger partial charge in [0.15, 0.2) is 0 Å². The molecule has 1 aromatic carbocycles. The van der Waals surface area contributed by atoms with Gasteiger partial charge in [-0.05, 0) is 47.1 Å². The van der Waals surface area contributed by atoms with Gasteiger partial charge in [0.05, 0.1) is 6.04 Å². The molecule has 2 amide bonds. The number of hydrogen-bond donors (Lipinski definition) is 2. The van der Waals surface area contributed by atoms with E-state index >= 15 is 0 Å². The Hall–Kier alpha value is -2.57. The summed E-state index contributed by atoms with van der Waals surface area (Å²) in [6.07, 6.45) is -0.454. The molecule has 0 aliphatic heterocycles. The zero-order chi connectivity index (χ0) is 20.0. The topological polar surface area (TPSA) is 93.7 Å². The van der Waals surface area contributed by atoms with E-state index in [9.17, 15) is 14.4 Å². The molecule has 144 valence electrons. The SMILES string of the molecule is CC(C)(C)OC(=O)NCC(NC(=O)OC(C)(C)C)c1ccc(C=O)cc1. The molecule has 7 heteroatoms. The van der Waals surface area contributed by atoms with Gasteiger partial charge in [-0.1, -0.05) is 24.3 Å². The lowest BCUT2D eigenvalue weighted by molar-refractivity contribution is 0.0463. The molecular formula is C19H28N2O5. The van der Waals surface area contributed by atoms with Crippen molar-refractivity contribution in [3.05, 3.63) is 35.4 Å². The van der Waals surface area contributed by atoms with E-state index in [0.717, 1.165) is 11.8 Å². The number of aldehydes is 1. The fourth-order valence-electron chi connectivity index (χ4n) is 2.01. The highest BCUT2D eigenvalue weighted by Gasteiger charge is 2.22. The summed E-state index contributed by atoms with van der Waals surface area (Å²) in [7, 11) is 0. The summed E-state index contributed by atoms with van der Waals surface area (Å²) in [5.41, 5.74) is -0.0272. The smallest absolute Gasteiger partial charge is 0.408 e. The van der Waals surface area contributed by atoms with Crippen LogP contribution in [-0.4, -0.2) is 36.2 Å². The average Bonchev–Trinajstić information content (AvgIpc) is 2.48. The van der Waals surface area contributed by atoms with E-state index in [4.69, 9.17) is 9.47 Å². The zero-order valence-corrected chi connectivity index (χ0v) is 16.2. The minimum atomic E-state index is -0.644. The minimum Gasteiger partial charge on any atom is -0.444 e. The normalized spacial score (nSPS) is 12.7. The number of hydrogen-bond acceptors (Lipinski definition) is 5. The third-order valence-electron chi connectivity index (χ3n) is 3.02. The highest BCUT2D eigenvalue weighted by Crippen LogP contribution is 2.15. The Morgan fingerprint density at radius 2 is 1.46 bits per heavy atom. The Balaban J connectivity index is 2.85. The van der Waals surface area contributed by atoms with Crippen molar-refractivity contribution in [2.24, 2.45) is 0 Å². The van der Waals surface area contributed by atoms with Crippen LogP contribution in [-0.2, 0) is 9.47 Å². The number of benzene rings is 1. The Morgan fingerprint density at radius 1 is 0.962 bits per heavy atom. The van der Waals surface area contributed by atoms with E-state index in [0.29, 0.717) is 5.56 Å². The Morgan fingerprint density at radius 3 is 1.92 bits per heavy atom. The van der Waals surface area contributed by atoms with Gasteiger partial charge < -0.3 is 20.1 Å². The van der Waals surface area contributed by atoms with Gasteiger partial charge in [0, 0.05) is 12.1 Å². The molecule has 0 saturated heterocycles. The molecule has 1 aromatic rings. The summed E-state index contributed by atoms with van der Waals surface area (Å²) in [5, 5.41) is 5.36. The summed E-state index contributed by atoms with van der Waals surface area (Å²) >= 11 is 0. The number of carbonyl (C=O) groups is 3. The molecule has 0 saturated carbocycles. The fraction of sp³-hybridized carbons (Fsp3) is 0.526. The molecule has 0 aliphatic carbocycles. The van der Waals surface area contributed by atoms with Crippen LogP contribution in [0.3, 0.4) is 0 Å². The van der Waals surface area contributed by atoms with Crippen molar-refractivity contribution >= 4 is 18.5 Å². The highest BCUT2D eigenvalue weighted by molar-refractivity contribution is 5.75. The second-order valence-corrected chi connectivity index (χ2v) is 7.87. The molecule has 0 radical (unpaired) electrons. The first-order valence-electron chi connectivity index (χ1n) is 8.41. The van der Waals surface area contributed by atoms with E-state index in [1.54, 1.807) is 65.8 Å². The predicted molar refractivity (Wildman–Crippen MR) is 98.2 cm³/mol. The van der Waals surface area contributed by atoms with Crippen molar-refractivity contribution in [2.75, 3.05) is 6.54 Å². The number of ether oxygens (including phenoxy) is 2. The maximum Gasteiger partial charge on any atom is 0.408 e. The Kier molecular flexibility index (Phi) is 7.18. The summed E-state index contributed by atoms with van der Waals surface area (Å²) in [5.74, 6) is 0. The molecule has 1 rings (SSSR count). The van der Waals surface area contributed by atoms with Crippen LogP contribution in [0.4, 0.5) is 9.59 Å². The molecule has 0 bridgehead atoms. The van der Waals surface area contributed by atoms with Gasteiger partial charge in [-0.3, -0.25) is 4.79 Å². The van der Waals surface area contributed by atoms with Crippen molar-refractivity contribution in [2.45, 2.75) is 58.8 Å². The van der Waals surface area contributed by atoms with E-state index in [2.05, 4.69) is 10.6 Å². The van der Waals surface area contributed by atoms with Crippen molar-refractivity contribution < 1.29 is 23.9 Å². The molecular weight excluding hydrogens is 336 g/mol. The van der Waals surface area contributed by atoms with Crippen molar-refractivity contribution in [1.29, 1.82) is 0 Å². The second kappa shape index (κ2) is 8.69. The monoisotopic (exact) mass is 364 g/mol. The first-order chi connectivity index (χ1) is 11.9. The van der Waals surface area contributed by atoms with E-state index < -0.39 is 29.4 Å².